The van der Waals surface area contributed by atoms with Crippen LogP contribution in [0.4, 0.5) is 10.5 Å². The van der Waals surface area contributed by atoms with Crippen LogP contribution in [-0.2, 0) is 6.42 Å². The van der Waals surface area contributed by atoms with Crippen molar-refractivity contribution in [1.29, 1.82) is 0 Å². The summed E-state index contributed by atoms with van der Waals surface area (Å²) in [5, 5.41) is 2.78. The van der Waals surface area contributed by atoms with Crippen molar-refractivity contribution in [3.05, 3.63) is 41.5 Å². The fraction of sp³-hybridized carbons (Fsp3) is 0.381. The second-order valence-corrected chi connectivity index (χ2v) is 6.88. The van der Waals surface area contributed by atoms with Crippen molar-refractivity contribution in [3.63, 3.8) is 0 Å². The van der Waals surface area contributed by atoms with Crippen LogP contribution in [0.1, 0.15) is 17.2 Å². The minimum atomic E-state index is -0.182. The van der Waals surface area contributed by atoms with Crippen molar-refractivity contribution in [2.75, 3.05) is 39.9 Å². The van der Waals surface area contributed by atoms with E-state index < -0.39 is 0 Å². The van der Waals surface area contributed by atoms with Crippen LogP contribution >= 0.6 is 0 Å². The summed E-state index contributed by atoms with van der Waals surface area (Å²) < 4.78 is 22.3. The highest BCUT2D eigenvalue weighted by Crippen LogP contribution is 2.50. The maximum Gasteiger partial charge on any atom is 0.322 e. The summed E-state index contributed by atoms with van der Waals surface area (Å²) in [6.45, 7) is 0.533. The van der Waals surface area contributed by atoms with Crippen LogP contribution in [0.5, 0.6) is 23.0 Å². The Bertz CT molecular complexity index is 914. The predicted molar refractivity (Wildman–Crippen MR) is 105 cm³/mol. The van der Waals surface area contributed by atoms with Gasteiger partial charge in [-0.25, -0.2) is 4.79 Å². The molecule has 2 heterocycles. The number of nitrogens with one attached hydrogen (secondary N) is 1. The third-order valence-corrected chi connectivity index (χ3v) is 5.47. The van der Waals surface area contributed by atoms with E-state index in [-0.39, 0.29) is 18.0 Å². The molecule has 0 aliphatic carbocycles. The number of urea groups is 1. The molecule has 2 aromatic rings. The lowest BCUT2D eigenvalue weighted by molar-refractivity contribution is 0.180. The Morgan fingerprint density at radius 1 is 1.11 bits per heavy atom. The largest absolute Gasteiger partial charge is 0.497 e. The zero-order chi connectivity index (χ0) is 19.8. The molecule has 2 aliphatic heterocycles. The van der Waals surface area contributed by atoms with Crippen LogP contribution in [0.3, 0.4) is 0 Å². The third kappa shape index (κ3) is 2.78. The smallest absolute Gasteiger partial charge is 0.322 e. The molecule has 0 saturated heterocycles. The van der Waals surface area contributed by atoms with Crippen LogP contribution in [0.2, 0.25) is 0 Å². The maximum absolute atomic E-state index is 13.0. The van der Waals surface area contributed by atoms with Crippen molar-refractivity contribution in [2.45, 2.75) is 12.5 Å². The molecule has 2 aromatic carbocycles. The topological polar surface area (TPSA) is 69.3 Å². The summed E-state index contributed by atoms with van der Waals surface area (Å²) in [4.78, 5) is 14.8. The predicted octanol–water partition coefficient (Wildman–Crippen LogP) is 3.16. The van der Waals surface area contributed by atoms with E-state index in [4.69, 9.17) is 18.9 Å². The molecule has 2 aliphatic rings. The van der Waals surface area contributed by atoms with Crippen molar-refractivity contribution in [3.8, 4) is 23.0 Å². The molecule has 0 bridgehead atoms. The Kier molecular flexibility index (Phi) is 4.66. The van der Waals surface area contributed by atoms with Gasteiger partial charge in [0, 0.05) is 24.6 Å². The average Bonchev–Trinajstić information content (AvgIpc) is 2.75. The fourth-order valence-electron chi connectivity index (χ4n) is 4.17. The molecule has 4 rings (SSSR count). The van der Waals surface area contributed by atoms with Crippen LogP contribution in [-0.4, -0.2) is 41.0 Å². The summed E-state index contributed by atoms with van der Waals surface area (Å²) in [6.07, 6.45) is 0.768. The third-order valence-electron chi connectivity index (χ3n) is 5.47. The van der Waals surface area contributed by atoms with Gasteiger partial charge in [-0.3, -0.25) is 4.90 Å². The van der Waals surface area contributed by atoms with Crippen molar-refractivity contribution in [2.24, 2.45) is 5.92 Å². The highest BCUT2D eigenvalue weighted by Gasteiger charge is 2.43. The van der Waals surface area contributed by atoms with E-state index in [1.807, 2.05) is 30.3 Å². The highest BCUT2D eigenvalue weighted by atomic mass is 16.5. The monoisotopic (exact) mass is 384 g/mol. The molecule has 148 valence electrons. The number of fused-ring (bicyclic) bond motifs is 4. The number of ether oxygens (including phenoxy) is 4. The number of anilines is 1. The molecule has 2 amide bonds. The molecule has 0 radical (unpaired) electrons. The molecule has 0 aromatic heterocycles. The van der Waals surface area contributed by atoms with Gasteiger partial charge < -0.3 is 24.3 Å². The molecule has 2 unspecified atom stereocenters. The van der Waals surface area contributed by atoms with Crippen LogP contribution in [0.15, 0.2) is 30.3 Å². The van der Waals surface area contributed by atoms with E-state index >= 15 is 0 Å². The molecule has 7 nitrogen and oxygen atoms in total. The van der Waals surface area contributed by atoms with Gasteiger partial charge in [-0.05, 0) is 36.2 Å². The zero-order valence-electron chi connectivity index (χ0n) is 16.4. The van der Waals surface area contributed by atoms with E-state index in [9.17, 15) is 4.79 Å². The number of hydrogen-bond donors (Lipinski definition) is 1. The van der Waals surface area contributed by atoms with Gasteiger partial charge in [-0.2, -0.15) is 0 Å². The fourth-order valence-corrected chi connectivity index (χ4v) is 4.17. The Hall–Kier alpha value is -3.09. The molecular formula is C21H24N2O5. The molecule has 7 heteroatoms. The molecule has 1 N–H and O–H groups in total. The molecule has 28 heavy (non-hydrogen) atoms. The standard InChI is InChI=1S/C21H24N2O5/c1-22-21(24)23-16-10-19(27-4)18(26-3)8-12(16)7-13-11-28-17-6-5-14(25-2)9-15(17)20(13)23/h5-6,8-10,13,20H,7,11H2,1-4H3,(H,22,24). The Labute approximate surface area is 164 Å². The normalized spacial score (nSPS) is 19.5. The first-order chi connectivity index (χ1) is 13.6. The van der Waals surface area contributed by atoms with Gasteiger partial charge in [0.05, 0.1) is 39.7 Å². The summed E-state index contributed by atoms with van der Waals surface area (Å²) in [5.74, 6) is 2.86. The van der Waals surface area contributed by atoms with E-state index in [2.05, 4.69) is 5.32 Å². The lowest BCUT2D eigenvalue weighted by Gasteiger charge is -2.45. The van der Waals surface area contributed by atoms with E-state index in [0.29, 0.717) is 18.1 Å². The number of nitrogens with zero attached hydrogens (tertiary/aromatic N) is 1. The minimum Gasteiger partial charge on any atom is -0.497 e. The van der Waals surface area contributed by atoms with Crippen molar-refractivity contribution in [1.82, 2.24) is 5.32 Å². The van der Waals surface area contributed by atoms with Crippen molar-refractivity contribution >= 4 is 11.7 Å². The number of rotatable bonds is 3. The van der Waals surface area contributed by atoms with Gasteiger partial charge in [0.25, 0.3) is 0 Å². The van der Waals surface area contributed by atoms with Gasteiger partial charge in [-0.15, -0.1) is 0 Å². The van der Waals surface area contributed by atoms with Crippen molar-refractivity contribution < 1.29 is 23.7 Å². The lowest BCUT2D eigenvalue weighted by Crippen LogP contribution is -2.49. The first-order valence-corrected chi connectivity index (χ1v) is 9.17. The Morgan fingerprint density at radius 2 is 1.86 bits per heavy atom. The van der Waals surface area contributed by atoms with E-state index in [0.717, 1.165) is 34.7 Å². The number of benzene rings is 2. The summed E-state index contributed by atoms with van der Waals surface area (Å²) in [6, 6.07) is 9.19. The first kappa shape index (κ1) is 18.3. The Balaban J connectivity index is 1.90. The average molecular weight is 384 g/mol. The summed E-state index contributed by atoms with van der Waals surface area (Å²) in [7, 11) is 6.47. The van der Waals surface area contributed by atoms with E-state index in [1.165, 1.54) is 0 Å². The SMILES string of the molecule is CNC(=O)N1c2cc(OC)c(OC)cc2CC2COc3ccc(OC)cc3C21. The maximum atomic E-state index is 13.0. The quantitative estimate of drug-likeness (QED) is 0.880. The number of hydrogen-bond acceptors (Lipinski definition) is 5. The van der Waals surface area contributed by atoms with Crippen LogP contribution < -0.4 is 29.2 Å². The van der Waals surface area contributed by atoms with Crippen LogP contribution in [0.25, 0.3) is 0 Å². The molecule has 0 spiro atoms. The number of amides is 2. The van der Waals surface area contributed by atoms with Gasteiger partial charge in [0.1, 0.15) is 11.5 Å². The van der Waals surface area contributed by atoms with Crippen LogP contribution in [0, 0.1) is 5.92 Å². The first-order valence-electron chi connectivity index (χ1n) is 9.17. The second-order valence-electron chi connectivity index (χ2n) is 6.88. The highest BCUT2D eigenvalue weighted by molar-refractivity contribution is 5.95. The molecule has 0 saturated carbocycles. The summed E-state index contributed by atoms with van der Waals surface area (Å²) in [5.41, 5.74) is 2.78. The number of methoxy groups -OCH3 is 3. The molecular weight excluding hydrogens is 360 g/mol. The summed E-state index contributed by atoms with van der Waals surface area (Å²) >= 11 is 0. The zero-order valence-corrected chi connectivity index (χ0v) is 16.4. The molecule has 0 fully saturated rings. The van der Waals surface area contributed by atoms with Gasteiger partial charge in [0.15, 0.2) is 11.5 Å². The number of carbonyl (C=O) groups excluding carboxylic acids is 1. The lowest BCUT2D eigenvalue weighted by atomic mass is 9.80. The van der Waals surface area contributed by atoms with Gasteiger partial charge in [-0.1, -0.05) is 0 Å². The van der Waals surface area contributed by atoms with Gasteiger partial charge in [0.2, 0.25) is 0 Å². The number of carbonyl (C=O) groups is 1. The van der Waals surface area contributed by atoms with Gasteiger partial charge >= 0.3 is 6.03 Å². The molecule has 2 atom stereocenters. The second kappa shape index (κ2) is 7.14. The van der Waals surface area contributed by atoms with E-state index in [1.54, 1.807) is 33.3 Å². The Morgan fingerprint density at radius 3 is 2.54 bits per heavy atom. The minimum absolute atomic E-state index is 0.113.